The van der Waals surface area contributed by atoms with E-state index in [2.05, 4.69) is 26.8 Å². The van der Waals surface area contributed by atoms with Gasteiger partial charge in [0.15, 0.2) is 56.1 Å². The first-order chi connectivity index (χ1) is 64.7. The molecule has 8 saturated heterocycles. The number of rotatable bonds is 34. The number of aldehydes is 1. The van der Waals surface area contributed by atoms with Gasteiger partial charge < -0.3 is 208 Å². The predicted octanol–water partition coefficient (Wildman–Crippen LogP) is -5.69. The molecule has 5 aliphatic carbocycles. The first-order valence-electron chi connectivity index (χ1n) is 48.3. The topological polar surface area (TPSA) is 717 Å². The Morgan fingerprint density at radius 2 is 1.04 bits per heavy atom. The lowest BCUT2D eigenvalue weighted by Crippen LogP contribution is -2.69. The molecule has 792 valence electrons. The highest BCUT2D eigenvalue weighted by Gasteiger charge is 2.74. The highest BCUT2D eigenvalue weighted by Crippen LogP contribution is 2.76. The minimum absolute atomic E-state index is 0.0118. The van der Waals surface area contributed by atoms with Gasteiger partial charge in [0.05, 0.1) is 94.0 Å². The largest absolute Gasteiger partial charge is 0.479 e. The van der Waals surface area contributed by atoms with E-state index in [0.29, 0.717) is 51.4 Å². The van der Waals surface area contributed by atoms with Crippen LogP contribution in [0, 0.1) is 62.1 Å². The van der Waals surface area contributed by atoms with Gasteiger partial charge in [0.1, 0.15) is 159 Å². The van der Waals surface area contributed by atoms with Gasteiger partial charge in [-0.2, -0.15) is 0 Å². The summed E-state index contributed by atoms with van der Waals surface area (Å²) in [6.07, 6.45) is -67.4. The number of carbonyl (C=O) groups is 5. The van der Waals surface area contributed by atoms with Crippen molar-refractivity contribution in [3.63, 3.8) is 0 Å². The molecule has 51 atom stereocenters. The number of carboxylic acids is 1. The van der Waals surface area contributed by atoms with Crippen LogP contribution in [0.3, 0.4) is 0 Å². The summed E-state index contributed by atoms with van der Waals surface area (Å²) < 4.78 is 108. The maximum absolute atomic E-state index is 16.4. The maximum atomic E-state index is 16.4. The van der Waals surface area contributed by atoms with Gasteiger partial charge in [0.25, 0.3) is 0 Å². The van der Waals surface area contributed by atoms with Crippen molar-refractivity contribution in [3.05, 3.63) is 11.6 Å². The van der Waals surface area contributed by atoms with E-state index in [9.17, 15) is 137 Å². The monoisotopic (exact) mass is 1990 g/mol. The van der Waals surface area contributed by atoms with E-state index in [-0.39, 0.29) is 43.9 Å². The molecular weight excluding hydrogens is 1840 g/mol. The number of carbonyl (C=O) groups excluding carboxylic acids is 4. The van der Waals surface area contributed by atoms with Crippen LogP contribution < -0.4 is 0 Å². The van der Waals surface area contributed by atoms with Crippen LogP contribution in [0.25, 0.3) is 0 Å². The van der Waals surface area contributed by atoms with Gasteiger partial charge in [0, 0.05) is 12.8 Å². The zero-order valence-electron chi connectivity index (χ0n) is 79.7. The zero-order valence-corrected chi connectivity index (χ0v) is 79.7. The van der Waals surface area contributed by atoms with Crippen molar-refractivity contribution in [3.8, 4) is 0 Å². The Balaban J connectivity index is 0.749. The third kappa shape index (κ3) is 21.5. The van der Waals surface area contributed by atoms with Crippen molar-refractivity contribution < 1.29 is 227 Å². The van der Waals surface area contributed by atoms with E-state index >= 15 is 4.79 Å². The van der Waals surface area contributed by atoms with Crippen molar-refractivity contribution in [2.24, 2.45) is 62.1 Å². The van der Waals surface area contributed by atoms with Gasteiger partial charge in [0.2, 0.25) is 12.1 Å². The van der Waals surface area contributed by atoms with Gasteiger partial charge in [-0.1, -0.05) is 93.7 Å². The molecular formula is C92H148O46. The summed E-state index contributed by atoms with van der Waals surface area (Å²) in [5.74, 6) is -9.59. The summed E-state index contributed by atoms with van der Waals surface area (Å²) in [6.45, 7) is 18.0. The number of ether oxygens (including phenoxy) is 18. The molecule has 0 aromatic carbocycles. The molecule has 0 aromatic rings. The van der Waals surface area contributed by atoms with Crippen LogP contribution in [0.1, 0.15) is 179 Å². The minimum Gasteiger partial charge on any atom is -0.479 e. The number of hydrogen-bond acceptors (Lipinski definition) is 45. The van der Waals surface area contributed by atoms with E-state index in [1.54, 1.807) is 27.7 Å². The van der Waals surface area contributed by atoms with Crippen molar-refractivity contribution in [2.45, 2.75) is 431 Å². The molecule has 0 aromatic heterocycles. The summed E-state index contributed by atoms with van der Waals surface area (Å²) in [4.78, 5) is 72.1. The summed E-state index contributed by atoms with van der Waals surface area (Å²) in [5.41, 5.74) is -5.54. The summed E-state index contributed by atoms with van der Waals surface area (Å²) >= 11 is 0. The molecule has 23 N–H and O–H groups in total. The third-order valence-electron chi connectivity index (χ3n) is 33.2. The molecule has 0 bridgehead atoms. The highest BCUT2D eigenvalue weighted by molar-refractivity contribution is 5.80. The van der Waals surface area contributed by atoms with Crippen LogP contribution in [0.15, 0.2) is 11.6 Å². The Hall–Kier alpha value is -4.19. The SMILES string of the molecule is CC[C@H](C)[C@H](C[C@H](O)CC(=O)O[C@@H]1C(C)O[C@@H](OC(=O)[C@]23CCC(C)(C)CC2C2=CCC4[C@@]5(C)CC[C@H](O[C@@H]6OC(C(=O)O)[C@H](O)C(O[C@@H]7OC[C@@H](O)C(O)C7O)C6O[C@@H]6OC(CO)[C@H](O)C(O)C6O)[C@@](C)(C=O)C5CC[C@@]4(C)[C@]2(C)C[C@H]3O)C(O[C@@H]2OC(C)[C@H](O[C@H]3OCC(O)[C@H](O[C@H]4OCC(O)[C@H](O)C4O)C3O)C(O)C2O)C1O)OC(=O)C[C@@H](O)C[C@H](OC1(O)CO[C@@H](CO)C1O)[C@@H](C)CC. The number of aliphatic hydroxyl groups is 22. The first kappa shape index (κ1) is 111. The molecule has 0 amide bonds. The van der Waals surface area contributed by atoms with Crippen molar-refractivity contribution in [2.75, 3.05) is 39.6 Å². The molecule has 12 fully saturated rings. The van der Waals surface area contributed by atoms with Crippen LogP contribution >= 0.6 is 0 Å². The zero-order chi connectivity index (χ0) is 101. The van der Waals surface area contributed by atoms with Crippen LogP contribution in [0.5, 0.6) is 0 Å². The molecule has 8 aliphatic heterocycles. The van der Waals surface area contributed by atoms with E-state index in [1.165, 1.54) is 13.8 Å². The molecule has 46 heteroatoms. The van der Waals surface area contributed by atoms with Crippen LogP contribution in [0.2, 0.25) is 0 Å². The smallest absolute Gasteiger partial charge is 0.335 e. The van der Waals surface area contributed by atoms with Gasteiger partial charge >= 0.3 is 23.9 Å². The highest BCUT2D eigenvalue weighted by atomic mass is 16.8. The van der Waals surface area contributed by atoms with Crippen LogP contribution in [-0.4, -0.2) is 439 Å². The number of fused-ring (bicyclic) bond motifs is 7. The predicted molar refractivity (Wildman–Crippen MR) is 458 cm³/mol. The average molecular weight is 1990 g/mol. The molecule has 0 spiro atoms. The normalized spacial score (nSPS) is 48.8. The fraction of sp³-hybridized carbons (Fsp3) is 0.924. The third-order valence-corrected chi connectivity index (χ3v) is 33.2. The molecule has 8 heterocycles. The van der Waals surface area contributed by atoms with Crippen molar-refractivity contribution in [1.82, 2.24) is 0 Å². The van der Waals surface area contributed by atoms with E-state index in [4.69, 9.17) is 85.3 Å². The van der Waals surface area contributed by atoms with Gasteiger partial charge in [-0.15, -0.1) is 0 Å². The number of carboxylic acid groups (broad SMARTS) is 1. The second-order valence-electron chi connectivity index (χ2n) is 42.6. The van der Waals surface area contributed by atoms with Crippen molar-refractivity contribution in [1.29, 1.82) is 0 Å². The lowest BCUT2D eigenvalue weighted by Gasteiger charge is -2.71. The second-order valence-corrected chi connectivity index (χ2v) is 42.6. The van der Waals surface area contributed by atoms with E-state index in [1.807, 2.05) is 20.8 Å². The quantitative estimate of drug-likeness (QED) is 0.00713. The summed E-state index contributed by atoms with van der Waals surface area (Å²) in [5, 5.41) is 257. The molecule has 13 aliphatic rings. The maximum Gasteiger partial charge on any atom is 0.335 e. The van der Waals surface area contributed by atoms with Gasteiger partial charge in [-0.05, 0) is 123 Å². The average Bonchev–Trinajstić information content (AvgIpc) is 0.721. The summed E-state index contributed by atoms with van der Waals surface area (Å²) in [7, 11) is 0. The Labute approximate surface area is 797 Å². The number of esters is 3. The molecule has 138 heavy (non-hydrogen) atoms. The second kappa shape index (κ2) is 44.1. The number of hydrogen-bond donors (Lipinski definition) is 23. The Bertz CT molecular complexity index is 4100. The van der Waals surface area contributed by atoms with E-state index < -0.39 is 378 Å². The first-order valence-corrected chi connectivity index (χ1v) is 48.3. The molecule has 0 radical (unpaired) electrons. The molecule has 23 unspecified atom stereocenters. The van der Waals surface area contributed by atoms with Crippen molar-refractivity contribution >= 4 is 30.2 Å². The Morgan fingerprint density at radius 1 is 0.500 bits per heavy atom. The van der Waals surface area contributed by atoms with E-state index in [0.717, 1.165) is 11.9 Å². The number of allylic oxidation sites excluding steroid dienone is 2. The molecule has 13 rings (SSSR count). The fourth-order valence-electron chi connectivity index (χ4n) is 24.2. The lowest BCUT2D eigenvalue weighted by atomic mass is 9.33. The number of aliphatic hydroxyl groups excluding tert-OH is 21. The van der Waals surface area contributed by atoms with Gasteiger partial charge in [-0.3, -0.25) is 14.4 Å². The number of aliphatic carboxylic acids is 1. The lowest BCUT2D eigenvalue weighted by molar-refractivity contribution is -0.391. The minimum atomic E-state index is -2.27. The van der Waals surface area contributed by atoms with Crippen LogP contribution in [0.4, 0.5) is 0 Å². The standard InChI is InChI=1S/C92H148O46/c1-13-36(3)47(127-55(102)25-41(97)24-48(37(4)14-2)138-92(120)35-124-50(30-94)76(92)116)23-40(96)26-56(103)130-70-39(6)126-83(74(66(70)113)135-81-65(112)61(108)69(38(5)125-81)131-80-68(115)71(46(100)33-123-80)132-78-62(109)57(104)44(98)31-121-78)137-85(119)91-22-21-86(7,8)27-43(91)42-15-16-52-87(9)19-18-54(88(10,34-95)51(87)17-20-89(52,11)90(42,12)28-53(91)101)129-84-75(136-82-64(111)60(107)59(106)49(29-93)128-82)72(67(114)73(134-84)77(117)118)133-79-63(110)58(105)45(99)32-122-79/h15,34,36-41,43-54,57-76,78-84,93-94,96-101,104-116,120H,13-14,16-33,35H2,1-12H3,(H,117,118)/t36-,37-,38?,39?,40-,41-,43?,44?,45+,46?,47-,48-,49?,50-,51?,52?,53+,54-,57-,58?,59-,60?,61?,62?,63?,64?,65?,66?,67+,68?,69-,70+,71-,72?,73?,74?,75?,76?,78+,79-,80+,81-,82-,83-,84+,87-,88-,89+,90+,91+,92?/m0/s1. The molecule has 4 saturated carbocycles. The van der Waals surface area contributed by atoms with Crippen LogP contribution in [-0.2, 0) is 109 Å². The Kier molecular flexibility index (Phi) is 35.5. The summed E-state index contributed by atoms with van der Waals surface area (Å²) in [6, 6.07) is 0. The molecule has 46 nitrogen and oxygen atoms in total. The van der Waals surface area contributed by atoms with Gasteiger partial charge in [-0.25, -0.2) is 4.79 Å². The Morgan fingerprint density at radius 3 is 1.64 bits per heavy atom. The fourth-order valence-corrected chi connectivity index (χ4v) is 24.2.